The Labute approximate surface area is 174 Å². The Bertz CT molecular complexity index is 1150. The quantitative estimate of drug-likeness (QED) is 0.461. The number of likely N-dealkylation sites (N-methyl/N-ethyl adjacent to an activating group) is 1. The molecule has 0 bridgehead atoms. The minimum atomic E-state index is -0.646. The molecule has 154 valence electrons. The van der Waals surface area contributed by atoms with E-state index in [2.05, 4.69) is 24.3 Å². The fraction of sp³-hybridized carbons (Fsp3) is 0.280. The Morgan fingerprint density at radius 2 is 1.50 bits per heavy atom. The van der Waals surface area contributed by atoms with Crippen LogP contribution in [0.5, 0.6) is 0 Å². The topological polar surface area (TPSA) is 28.4 Å². The van der Waals surface area contributed by atoms with Crippen LogP contribution in [-0.2, 0) is 6.54 Å². The molecule has 1 fully saturated rings. The smallest absolute Gasteiger partial charge is 0.123 e. The Kier molecular flexibility index (Phi) is 4.70. The van der Waals surface area contributed by atoms with Gasteiger partial charge in [0.1, 0.15) is 11.6 Å². The third kappa shape index (κ3) is 3.54. The van der Waals surface area contributed by atoms with Gasteiger partial charge in [0.25, 0.3) is 0 Å². The van der Waals surface area contributed by atoms with Crippen molar-refractivity contribution in [2.75, 3.05) is 18.5 Å². The lowest BCUT2D eigenvalue weighted by atomic mass is 10.1. The van der Waals surface area contributed by atoms with Gasteiger partial charge in [0, 0.05) is 41.1 Å². The van der Waals surface area contributed by atoms with E-state index >= 15 is 0 Å². The summed E-state index contributed by atoms with van der Waals surface area (Å²) in [7, 11) is 1.96. The number of aliphatic hydroxyl groups excluding tert-OH is 1. The molecule has 5 rings (SSSR count). The van der Waals surface area contributed by atoms with E-state index in [9.17, 15) is 13.9 Å². The Hall–Kier alpha value is -2.92. The van der Waals surface area contributed by atoms with Gasteiger partial charge in [-0.3, -0.25) is 0 Å². The van der Waals surface area contributed by atoms with Gasteiger partial charge >= 0.3 is 0 Å². The summed E-state index contributed by atoms with van der Waals surface area (Å²) in [6, 6.07) is 17.6. The van der Waals surface area contributed by atoms with Crippen LogP contribution in [0.3, 0.4) is 0 Å². The highest BCUT2D eigenvalue weighted by molar-refractivity contribution is 6.08. The third-order valence-corrected chi connectivity index (χ3v) is 6.05. The van der Waals surface area contributed by atoms with Gasteiger partial charge in [-0.05, 0) is 72.9 Å². The van der Waals surface area contributed by atoms with Crippen molar-refractivity contribution < 1.29 is 13.9 Å². The minimum Gasteiger partial charge on any atom is -0.389 e. The van der Waals surface area contributed by atoms with E-state index in [4.69, 9.17) is 0 Å². The van der Waals surface area contributed by atoms with Crippen LogP contribution < -0.4 is 4.90 Å². The summed E-state index contributed by atoms with van der Waals surface area (Å²) in [5.74, 6) is 0.00129. The first kappa shape index (κ1) is 19.1. The zero-order chi connectivity index (χ0) is 20.8. The van der Waals surface area contributed by atoms with E-state index in [0.717, 1.165) is 22.6 Å². The molecule has 0 amide bonds. The second kappa shape index (κ2) is 7.40. The molecule has 3 aromatic carbocycles. The van der Waals surface area contributed by atoms with Crippen LogP contribution in [-0.4, -0.2) is 29.4 Å². The summed E-state index contributed by atoms with van der Waals surface area (Å²) < 4.78 is 29.6. The van der Waals surface area contributed by atoms with Crippen molar-refractivity contribution in [3.8, 4) is 0 Å². The van der Waals surface area contributed by atoms with Crippen molar-refractivity contribution >= 4 is 27.5 Å². The molecule has 1 aliphatic carbocycles. The van der Waals surface area contributed by atoms with Crippen molar-refractivity contribution in [2.45, 2.75) is 31.4 Å². The van der Waals surface area contributed by atoms with Crippen LogP contribution in [0, 0.1) is 11.6 Å². The molecule has 0 aliphatic heterocycles. The normalized spacial score (nSPS) is 15.1. The van der Waals surface area contributed by atoms with Gasteiger partial charge < -0.3 is 14.6 Å². The molecule has 1 aromatic heterocycles. The molecular weight excluding hydrogens is 382 g/mol. The Morgan fingerprint density at radius 1 is 0.933 bits per heavy atom. The lowest BCUT2D eigenvalue weighted by Gasteiger charge is -2.24. The largest absolute Gasteiger partial charge is 0.389 e. The zero-order valence-corrected chi connectivity index (χ0v) is 16.9. The van der Waals surface area contributed by atoms with Gasteiger partial charge in [-0.1, -0.05) is 12.1 Å². The number of halogens is 2. The first-order valence-corrected chi connectivity index (χ1v) is 10.4. The minimum absolute atomic E-state index is 0.335. The van der Waals surface area contributed by atoms with E-state index in [-0.39, 0.29) is 11.6 Å². The van der Waals surface area contributed by atoms with Crippen molar-refractivity contribution in [2.24, 2.45) is 0 Å². The van der Waals surface area contributed by atoms with Crippen LogP contribution in [0.2, 0.25) is 0 Å². The molecule has 1 atom stereocenters. The number of anilines is 1. The number of nitrogens with zero attached hydrogens (tertiary/aromatic N) is 2. The summed E-state index contributed by atoms with van der Waals surface area (Å²) in [6.07, 6.45) is 1.91. The summed E-state index contributed by atoms with van der Waals surface area (Å²) in [4.78, 5) is 2.04. The standard InChI is InChI=1S/C25H24F2N2O/c1-28(20-8-4-17(5-9-20)16-2-3-16)14-21(30)15-29-24-10-6-18(26)12-22(24)23-13-19(27)7-11-25(23)29/h4-13,16,21,30H,2-3,14-15H2,1H3. The van der Waals surface area contributed by atoms with E-state index in [1.165, 1.54) is 42.7 Å². The number of aromatic nitrogens is 1. The molecule has 3 nitrogen and oxygen atoms in total. The maximum atomic E-state index is 13.8. The first-order chi connectivity index (χ1) is 14.5. The van der Waals surface area contributed by atoms with Crippen LogP contribution in [0.4, 0.5) is 14.5 Å². The molecule has 1 saturated carbocycles. The number of aliphatic hydroxyl groups is 1. The van der Waals surface area contributed by atoms with Crippen LogP contribution >= 0.6 is 0 Å². The Morgan fingerprint density at radius 3 is 2.03 bits per heavy atom. The van der Waals surface area contributed by atoms with E-state index in [0.29, 0.717) is 23.9 Å². The third-order valence-electron chi connectivity index (χ3n) is 6.05. The lowest BCUT2D eigenvalue weighted by Crippen LogP contribution is -2.32. The molecule has 0 spiro atoms. The first-order valence-electron chi connectivity index (χ1n) is 10.4. The number of hydrogen-bond acceptors (Lipinski definition) is 2. The molecule has 1 N–H and O–H groups in total. The predicted octanol–water partition coefficient (Wildman–Crippen LogP) is 5.45. The molecule has 30 heavy (non-hydrogen) atoms. The highest BCUT2D eigenvalue weighted by Gasteiger charge is 2.23. The van der Waals surface area contributed by atoms with Gasteiger partial charge in [-0.15, -0.1) is 0 Å². The Balaban J connectivity index is 1.40. The number of hydrogen-bond donors (Lipinski definition) is 1. The van der Waals surface area contributed by atoms with Crippen LogP contribution in [0.1, 0.15) is 24.3 Å². The van der Waals surface area contributed by atoms with Gasteiger partial charge in [0.05, 0.1) is 12.6 Å². The van der Waals surface area contributed by atoms with E-state index in [1.54, 1.807) is 12.1 Å². The van der Waals surface area contributed by atoms with Crippen molar-refractivity contribution in [3.05, 3.63) is 77.9 Å². The summed E-state index contributed by atoms with van der Waals surface area (Å²) in [5, 5.41) is 12.1. The monoisotopic (exact) mass is 406 g/mol. The highest BCUT2D eigenvalue weighted by Crippen LogP contribution is 2.40. The SMILES string of the molecule is CN(CC(O)Cn1c2ccc(F)cc2c2cc(F)ccc21)c1ccc(C2CC2)cc1. The zero-order valence-electron chi connectivity index (χ0n) is 16.9. The lowest BCUT2D eigenvalue weighted by molar-refractivity contribution is 0.163. The highest BCUT2D eigenvalue weighted by atomic mass is 19.1. The molecule has 1 heterocycles. The van der Waals surface area contributed by atoms with E-state index in [1.807, 2.05) is 16.5 Å². The van der Waals surface area contributed by atoms with Gasteiger partial charge in [-0.2, -0.15) is 0 Å². The number of fused-ring (bicyclic) bond motifs is 3. The second-order valence-corrected chi connectivity index (χ2v) is 8.33. The molecule has 0 radical (unpaired) electrons. The summed E-state index contributed by atoms with van der Waals surface area (Å²) >= 11 is 0. The fourth-order valence-electron chi connectivity index (χ4n) is 4.35. The van der Waals surface area contributed by atoms with Gasteiger partial charge in [0.2, 0.25) is 0 Å². The van der Waals surface area contributed by atoms with E-state index < -0.39 is 6.10 Å². The maximum Gasteiger partial charge on any atom is 0.123 e. The maximum absolute atomic E-state index is 13.8. The van der Waals surface area contributed by atoms with Crippen molar-refractivity contribution in [1.82, 2.24) is 4.57 Å². The molecule has 5 heteroatoms. The van der Waals surface area contributed by atoms with Gasteiger partial charge in [-0.25, -0.2) is 8.78 Å². The number of benzene rings is 3. The van der Waals surface area contributed by atoms with Crippen LogP contribution in [0.25, 0.3) is 21.8 Å². The van der Waals surface area contributed by atoms with Crippen LogP contribution in [0.15, 0.2) is 60.7 Å². The van der Waals surface area contributed by atoms with Crippen molar-refractivity contribution in [3.63, 3.8) is 0 Å². The second-order valence-electron chi connectivity index (χ2n) is 8.33. The molecule has 4 aromatic rings. The molecular formula is C25H24F2N2O. The summed E-state index contributed by atoms with van der Waals surface area (Å²) in [6.45, 7) is 0.786. The fourth-order valence-corrected chi connectivity index (χ4v) is 4.35. The average Bonchev–Trinajstić information content (AvgIpc) is 3.54. The average molecular weight is 406 g/mol. The molecule has 0 saturated heterocycles. The van der Waals surface area contributed by atoms with Crippen molar-refractivity contribution in [1.29, 1.82) is 0 Å². The molecule has 1 aliphatic rings. The molecule has 1 unspecified atom stereocenters. The predicted molar refractivity (Wildman–Crippen MR) is 117 cm³/mol. The summed E-state index contributed by atoms with van der Waals surface area (Å²) in [5.41, 5.74) is 4.02. The number of rotatable bonds is 6. The van der Waals surface area contributed by atoms with Gasteiger partial charge in [0.15, 0.2) is 0 Å².